The number of benzene rings is 1. The highest BCUT2D eigenvalue weighted by molar-refractivity contribution is 5.87. The highest BCUT2D eigenvalue weighted by Crippen LogP contribution is 2.14. The summed E-state index contributed by atoms with van der Waals surface area (Å²) in [5.74, 6) is -0.146. The molecule has 0 saturated heterocycles. The molecule has 0 unspecified atom stereocenters. The predicted octanol–water partition coefficient (Wildman–Crippen LogP) is 6.85. The molecular formula is C22H36O3. The van der Waals surface area contributed by atoms with Gasteiger partial charge >= 0.3 is 5.97 Å². The van der Waals surface area contributed by atoms with Crippen LogP contribution in [0.2, 0.25) is 0 Å². The van der Waals surface area contributed by atoms with Crippen LogP contribution in [-0.2, 0) is 0 Å². The molecule has 0 aliphatic carbocycles. The Bertz CT molecular complexity index is 439. The van der Waals surface area contributed by atoms with Crippen molar-refractivity contribution in [2.75, 3.05) is 6.61 Å². The molecule has 0 saturated carbocycles. The smallest absolute Gasteiger partial charge is 0.335 e. The summed E-state index contributed by atoms with van der Waals surface area (Å²) in [7, 11) is 0. The van der Waals surface area contributed by atoms with Gasteiger partial charge in [-0.25, -0.2) is 4.79 Å². The van der Waals surface area contributed by atoms with E-state index in [-0.39, 0.29) is 0 Å². The predicted molar refractivity (Wildman–Crippen MR) is 105 cm³/mol. The molecule has 0 atom stereocenters. The minimum absolute atomic E-state index is 0.299. The zero-order chi connectivity index (χ0) is 18.2. The molecule has 25 heavy (non-hydrogen) atoms. The van der Waals surface area contributed by atoms with Crippen LogP contribution in [-0.4, -0.2) is 17.7 Å². The Morgan fingerprint density at radius 2 is 1.20 bits per heavy atom. The van der Waals surface area contributed by atoms with E-state index in [0.717, 1.165) is 12.2 Å². The quantitative estimate of drug-likeness (QED) is 0.332. The number of carbonyl (C=O) groups is 1. The molecule has 3 heteroatoms. The molecule has 0 amide bonds. The fourth-order valence-electron chi connectivity index (χ4n) is 3.00. The second kappa shape index (κ2) is 14.8. The summed E-state index contributed by atoms with van der Waals surface area (Å²) < 4.78 is 5.65. The highest BCUT2D eigenvalue weighted by Gasteiger charge is 2.02. The summed E-state index contributed by atoms with van der Waals surface area (Å²) in [6.45, 7) is 2.98. The molecule has 142 valence electrons. The highest BCUT2D eigenvalue weighted by atomic mass is 16.5. The summed E-state index contributed by atoms with van der Waals surface area (Å²) in [5.41, 5.74) is 0.299. The molecule has 0 radical (unpaired) electrons. The van der Waals surface area contributed by atoms with Crippen LogP contribution in [0.4, 0.5) is 0 Å². The van der Waals surface area contributed by atoms with Crippen LogP contribution in [0.3, 0.4) is 0 Å². The molecule has 0 aliphatic heterocycles. The Labute approximate surface area is 153 Å². The fourth-order valence-corrected chi connectivity index (χ4v) is 3.00. The van der Waals surface area contributed by atoms with Gasteiger partial charge in [0, 0.05) is 0 Å². The van der Waals surface area contributed by atoms with Crippen LogP contribution in [0.1, 0.15) is 101 Å². The lowest BCUT2D eigenvalue weighted by Crippen LogP contribution is -1.99. The van der Waals surface area contributed by atoms with E-state index in [2.05, 4.69) is 6.92 Å². The molecular weight excluding hydrogens is 312 g/mol. The Hall–Kier alpha value is -1.51. The minimum Gasteiger partial charge on any atom is -0.494 e. The third-order valence-electron chi connectivity index (χ3n) is 4.62. The normalized spacial score (nSPS) is 10.8. The maximum Gasteiger partial charge on any atom is 0.335 e. The first kappa shape index (κ1) is 21.5. The maximum atomic E-state index is 10.8. The third-order valence-corrected chi connectivity index (χ3v) is 4.62. The molecule has 0 aliphatic rings. The maximum absolute atomic E-state index is 10.8. The van der Waals surface area contributed by atoms with Crippen molar-refractivity contribution < 1.29 is 14.6 Å². The van der Waals surface area contributed by atoms with Gasteiger partial charge in [0.05, 0.1) is 12.2 Å². The standard InChI is InChI=1S/C22H36O3/c1-2-3-4-5-6-7-8-9-10-11-12-13-14-19-25-21-17-15-20(16-18-21)22(23)24/h15-18H,2-14,19H2,1H3,(H,23,24). The van der Waals surface area contributed by atoms with Crippen molar-refractivity contribution in [3.05, 3.63) is 29.8 Å². The molecule has 1 rings (SSSR count). The molecule has 1 aromatic rings. The monoisotopic (exact) mass is 348 g/mol. The summed E-state index contributed by atoms with van der Waals surface area (Å²) in [6.07, 6.45) is 17.5. The molecule has 1 N–H and O–H groups in total. The first-order valence-corrected chi connectivity index (χ1v) is 10.2. The van der Waals surface area contributed by atoms with Crippen LogP contribution in [0, 0.1) is 0 Å². The summed E-state index contributed by atoms with van der Waals surface area (Å²) in [5, 5.41) is 8.84. The number of carboxylic acid groups (broad SMARTS) is 1. The minimum atomic E-state index is -0.900. The van der Waals surface area contributed by atoms with Gasteiger partial charge in [0.25, 0.3) is 0 Å². The second-order valence-electron chi connectivity index (χ2n) is 6.92. The first-order chi connectivity index (χ1) is 12.2. The van der Waals surface area contributed by atoms with Gasteiger partial charge in [-0.1, -0.05) is 84.0 Å². The molecule has 3 nitrogen and oxygen atoms in total. The summed E-state index contributed by atoms with van der Waals surface area (Å²) >= 11 is 0. The number of ether oxygens (including phenoxy) is 1. The Kier molecular flexibility index (Phi) is 12.7. The lowest BCUT2D eigenvalue weighted by Gasteiger charge is -2.06. The Balaban J connectivity index is 1.85. The number of carboxylic acids is 1. The molecule has 0 fully saturated rings. The van der Waals surface area contributed by atoms with Crippen molar-refractivity contribution in [3.8, 4) is 5.75 Å². The molecule has 1 aromatic carbocycles. The average molecular weight is 349 g/mol. The lowest BCUT2D eigenvalue weighted by molar-refractivity contribution is 0.0697. The Morgan fingerprint density at radius 1 is 0.760 bits per heavy atom. The average Bonchev–Trinajstić information content (AvgIpc) is 2.62. The third kappa shape index (κ3) is 11.6. The number of hydrogen-bond acceptors (Lipinski definition) is 2. The topological polar surface area (TPSA) is 46.5 Å². The molecule has 0 aromatic heterocycles. The molecule has 0 bridgehead atoms. The van der Waals surface area contributed by atoms with Gasteiger partial charge in [-0.3, -0.25) is 0 Å². The van der Waals surface area contributed by atoms with E-state index >= 15 is 0 Å². The SMILES string of the molecule is CCCCCCCCCCCCCCCOc1ccc(C(=O)O)cc1. The van der Waals surface area contributed by atoms with Crippen molar-refractivity contribution in [3.63, 3.8) is 0 Å². The van der Waals surface area contributed by atoms with Crippen LogP contribution < -0.4 is 4.74 Å². The van der Waals surface area contributed by atoms with Gasteiger partial charge in [0.15, 0.2) is 0 Å². The van der Waals surface area contributed by atoms with Gasteiger partial charge in [-0.2, -0.15) is 0 Å². The van der Waals surface area contributed by atoms with E-state index < -0.39 is 5.97 Å². The van der Waals surface area contributed by atoms with E-state index in [0.29, 0.717) is 12.2 Å². The zero-order valence-corrected chi connectivity index (χ0v) is 16.0. The van der Waals surface area contributed by atoms with Crippen LogP contribution in [0.15, 0.2) is 24.3 Å². The number of rotatable bonds is 16. The van der Waals surface area contributed by atoms with Gasteiger partial charge in [-0.05, 0) is 30.7 Å². The van der Waals surface area contributed by atoms with Gasteiger partial charge < -0.3 is 9.84 Å². The number of hydrogen-bond donors (Lipinski definition) is 1. The van der Waals surface area contributed by atoms with E-state index in [1.165, 1.54) is 77.0 Å². The van der Waals surface area contributed by atoms with E-state index in [9.17, 15) is 4.79 Å². The zero-order valence-electron chi connectivity index (χ0n) is 16.0. The number of unbranched alkanes of at least 4 members (excludes halogenated alkanes) is 12. The van der Waals surface area contributed by atoms with Gasteiger partial charge in [-0.15, -0.1) is 0 Å². The second-order valence-corrected chi connectivity index (χ2v) is 6.92. The van der Waals surface area contributed by atoms with Crippen molar-refractivity contribution in [2.45, 2.75) is 90.4 Å². The lowest BCUT2D eigenvalue weighted by atomic mass is 10.0. The van der Waals surface area contributed by atoms with Crippen LogP contribution in [0.5, 0.6) is 5.75 Å². The summed E-state index contributed by atoms with van der Waals surface area (Å²) in [6, 6.07) is 6.63. The molecule has 0 spiro atoms. The Morgan fingerprint density at radius 3 is 1.64 bits per heavy atom. The first-order valence-electron chi connectivity index (χ1n) is 10.2. The molecule has 0 heterocycles. The van der Waals surface area contributed by atoms with E-state index in [1.54, 1.807) is 24.3 Å². The largest absolute Gasteiger partial charge is 0.494 e. The fraction of sp³-hybridized carbons (Fsp3) is 0.682. The van der Waals surface area contributed by atoms with Crippen molar-refractivity contribution in [1.29, 1.82) is 0 Å². The van der Waals surface area contributed by atoms with E-state index in [1.807, 2.05) is 0 Å². The number of aromatic carboxylic acids is 1. The van der Waals surface area contributed by atoms with Gasteiger partial charge in [0.2, 0.25) is 0 Å². The van der Waals surface area contributed by atoms with Gasteiger partial charge in [0.1, 0.15) is 5.75 Å². The summed E-state index contributed by atoms with van der Waals surface area (Å²) in [4.78, 5) is 10.8. The van der Waals surface area contributed by atoms with Crippen LogP contribution >= 0.6 is 0 Å². The van der Waals surface area contributed by atoms with Crippen LogP contribution in [0.25, 0.3) is 0 Å². The van der Waals surface area contributed by atoms with Crippen molar-refractivity contribution in [1.82, 2.24) is 0 Å². The van der Waals surface area contributed by atoms with Crippen molar-refractivity contribution >= 4 is 5.97 Å². The van der Waals surface area contributed by atoms with Crippen molar-refractivity contribution in [2.24, 2.45) is 0 Å². The van der Waals surface area contributed by atoms with E-state index in [4.69, 9.17) is 9.84 Å².